The Balaban J connectivity index is 1.32. The highest BCUT2D eigenvalue weighted by Crippen LogP contribution is 2.19. The molecule has 148 valence electrons. The summed E-state index contributed by atoms with van der Waals surface area (Å²) >= 11 is 0. The van der Waals surface area contributed by atoms with Crippen molar-refractivity contribution < 1.29 is 9.53 Å². The fourth-order valence-electron chi connectivity index (χ4n) is 3.34. The third kappa shape index (κ3) is 4.51. The Bertz CT molecular complexity index is 926. The van der Waals surface area contributed by atoms with Gasteiger partial charge in [-0.2, -0.15) is 0 Å². The van der Waals surface area contributed by atoms with Gasteiger partial charge in [-0.1, -0.05) is 18.2 Å². The van der Waals surface area contributed by atoms with Crippen LogP contribution in [-0.2, 0) is 4.79 Å². The molecule has 1 aliphatic heterocycles. The van der Waals surface area contributed by atoms with E-state index in [4.69, 9.17) is 4.74 Å². The van der Waals surface area contributed by atoms with Gasteiger partial charge in [0.15, 0.2) is 11.9 Å². The molecule has 1 aromatic carbocycles. The Morgan fingerprint density at radius 2 is 1.66 bits per heavy atom. The van der Waals surface area contributed by atoms with Crippen molar-refractivity contribution in [3.63, 3.8) is 0 Å². The number of piperazine rings is 1. The first-order chi connectivity index (χ1) is 14.2. The fourth-order valence-corrected chi connectivity index (χ4v) is 3.34. The summed E-state index contributed by atoms with van der Waals surface area (Å²) in [6, 6.07) is 17.2. The summed E-state index contributed by atoms with van der Waals surface area (Å²) in [5.74, 6) is 1.53. The van der Waals surface area contributed by atoms with Crippen molar-refractivity contribution in [3.05, 3.63) is 67.0 Å². The predicted octanol–water partition coefficient (Wildman–Crippen LogP) is 2.65. The molecule has 4 rings (SSSR count). The van der Waals surface area contributed by atoms with E-state index in [9.17, 15) is 4.79 Å². The Morgan fingerprint density at radius 3 is 2.31 bits per heavy atom. The number of benzene rings is 1. The van der Waals surface area contributed by atoms with Crippen LogP contribution in [0.2, 0.25) is 0 Å². The second-order valence-electron chi connectivity index (χ2n) is 6.90. The van der Waals surface area contributed by atoms with Crippen LogP contribution in [0.1, 0.15) is 6.92 Å². The highest BCUT2D eigenvalue weighted by Gasteiger charge is 2.26. The molecule has 2 aromatic heterocycles. The van der Waals surface area contributed by atoms with Crippen LogP contribution < -0.4 is 9.64 Å². The largest absolute Gasteiger partial charge is 0.481 e. The molecule has 1 amide bonds. The van der Waals surface area contributed by atoms with Gasteiger partial charge in [-0.3, -0.25) is 9.78 Å². The number of aromatic nitrogens is 3. The van der Waals surface area contributed by atoms with Gasteiger partial charge < -0.3 is 14.5 Å². The first-order valence-electron chi connectivity index (χ1n) is 9.70. The first kappa shape index (κ1) is 18.9. The molecule has 1 fully saturated rings. The SMILES string of the molecule is CC(Oc1ccccc1)C(=O)N1CCN(c2ccc(-c3ccncc3)nn2)CC1. The molecule has 0 saturated carbocycles. The van der Waals surface area contributed by atoms with E-state index in [1.165, 1.54) is 0 Å². The van der Waals surface area contributed by atoms with Gasteiger partial charge >= 0.3 is 0 Å². The van der Waals surface area contributed by atoms with Gasteiger partial charge in [-0.15, -0.1) is 10.2 Å². The quantitative estimate of drug-likeness (QED) is 0.668. The van der Waals surface area contributed by atoms with E-state index in [1.54, 1.807) is 19.3 Å². The van der Waals surface area contributed by atoms with Crippen LogP contribution in [0.3, 0.4) is 0 Å². The number of ether oxygens (including phenoxy) is 1. The van der Waals surface area contributed by atoms with Crippen molar-refractivity contribution >= 4 is 11.7 Å². The van der Waals surface area contributed by atoms with Crippen LogP contribution in [0.5, 0.6) is 5.75 Å². The number of anilines is 1. The Hall–Kier alpha value is -3.48. The molecule has 3 aromatic rings. The first-order valence-corrected chi connectivity index (χ1v) is 9.70. The topological polar surface area (TPSA) is 71.5 Å². The van der Waals surface area contributed by atoms with Gasteiger partial charge in [-0.25, -0.2) is 0 Å². The Kier molecular flexibility index (Phi) is 5.65. The second kappa shape index (κ2) is 8.68. The number of hydrogen-bond donors (Lipinski definition) is 0. The van der Waals surface area contributed by atoms with Gasteiger partial charge in [0.2, 0.25) is 0 Å². The minimum Gasteiger partial charge on any atom is -0.481 e. The fraction of sp³-hybridized carbons (Fsp3) is 0.273. The number of carbonyl (C=O) groups excluding carboxylic acids is 1. The standard InChI is InChI=1S/C22H23N5O2/c1-17(29-19-5-3-2-4-6-19)22(28)27-15-13-26(14-16-27)21-8-7-20(24-25-21)18-9-11-23-12-10-18/h2-12,17H,13-16H2,1H3. The molecule has 1 aliphatic rings. The molecule has 1 atom stereocenters. The number of carbonyl (C=O) groups is 1. The minimum atomic E-state index is -0.511. The van der Waals surface area contributed by atoms with Crippen LogP contribution in [0.4, 0.5) is 5.82 Å². The van der Waals surface area contributed by atoms with Gasteiger partial charge in [0.25, 0.3) is 5.91 Å². The normalized spacial score (nSPS) is 15.1. The van der Waals surface area contributed by atoms with E-state index in [1.807, 2.05) is 59.5 Å². The summed E-state index contributed by atoms with van der Waals surface area (Å²) in [5, 5.41) is 8.70. The maximum Gasteiger partial charge on any atom is 0.263 e. The zero-order chi connectivity index (χ0) is 20.1. The summed E-state index contributed by atoms with van der Waals surface area (Å²) < 4.78 is 5.76. The summed E-state index contributed by atoms with van der Waals surface area (Å²) in [5.41, 5.74) is 1.80. The Labute approximate surface area is 170 Å². The highest BCUT2D eigenvalue weighted by molar-refractivity contribution is 5.81. The minimum absolute atomic E-state index is 0.00706. The molecule has 7 nitrogen and oxygen atoms in total. The predicted molar refractivity (Wildman–Crippen MR) is 111 cm³/mol. The number of nitrogens with zero attached hydrogens (tertiary/aromatic N) is 5. The molecule has 0 spiro atoms. The van der Waals surface area contributed by atoms with E-state index in [0.717, 1.165) is 17.1 Å². The zero-order valence-corrected chi connectivity index (χ0v) is 16.3. The van der Waals surface area contributed by atoms with Crippen molar-refractivity contribution in [1.29, 1.82) is 0 Å². The molecule has 1 unspecified atom stereocenters. The van der Waals surface area contributed by atoms with Gasteiger partial charge in [0.05, 0.1) is 5.69 Å². The number of pyridine rings is 1. The average molecular weight is 389 g/mol. The second-order valence-corrected chi connectivity index (χ2v) is 6.90. The maximum absolute atomic E-state index is 12.7. The van der Waals surface area contributed by atoms with Crippen LogP contribution in [0.25, 0.3) is 11.3 Å². The molecule has 0 aliphatic carbocycles. The molecule has 7 heteroatoms. The monoisotopic (exact) mass is 389 g/mol. The van der Waals surface area contributed by atoms with Crippen LogP contribution in [0, 0.1) is 0 Å². The summed E-state index contributed by atoms with van der Waals surface area (Å²) in [6.07, 6.45) is 2.97. The van der Waals surface area contributed by atoms with Gasteiger partial charge in [0, 0.05) is 44.1 Å². The van der Waals surface area contributed by atoms with E-state index in [0.29, 0.717) is 31.9 Å². The molecule has 29 heavy (non-hydrogen) atoms. The average Bonchev–Trinajstić information content (AvgIpc) is 2.80. The van der Waals surface area contributed by atoms with Crippen molar-refractivity contribution in [2.24, 2.45) is 0 Å². The lowest BCUT2D eigenvalue weighted by molar-refractivity contribution is -0.138. The van der Waals surface area contributed by atoms with Crippen LogP contribution in [0.15, 0.2) is 67.0 Å². The molecular weight excluding hydrogens is 366 g/mol. The molecule has 0 radical (unpaired) electrons. The lowest BCUT2D eigenvalue weighted by Crippen LogP contribution is -2.52. The molecule has 0 N–H and O–H groups in total. The third-order valence-corrected chi connectivity index (χ3v) is 4.95. The number of hydrogen-bond acceptors (Lipinski definition) is 6. The Morgan fingerprint density at radius 1 is 0.931 bits per heavy atom. The lowest BCUT2D eigenvalue weighted by atomic mass is 10.2. The lowest BCUT2D eigenvalue weighted by Gasteiger charge is -2.36. The molecule has 1 saturated heterocycles. The number of amides is 1. The van der Waals surface area contributed by atoms with Crippen LogP contribution >= 0.6 is 0 Å². The number of rotatable bonds is 5. The summed E-state index contributed by atoms with van der Waals surface area (Å²) in [7, 11) is 0. The smallest absolute Gasteiger partial charge is 0.263 e. The number of para-hydroxylation sites is 1. The van der Waals surface area contributed by atoms with E-state index < -0.39 is 6.10 Å². The van der Waals surface area contributed by atoms with E-state index >= 15 is 0 Å². The van der Waals surface area contributed by atoms with E-state index in [2.05, 4.69) is 20.1 Å². The maximum atomic E-state index is 12.7. The van der Waals surface area contributed by atoms with Crippen LogP contribution in [-0.4, -0.2) is 58.3 Å². The van der Waals surface area contributed by atoms with Crippen molar-refractivity contribution in [2.75, 3.05) is 31.1 Å². The molecule has 3 heterocycles. The molecule has 0 bridgehead atoms. The summed E-state index contributed by atoms with van der Waals surface area (Å²) in [4.78, 5) is 20.7. The zero-order valence-electron chi connectivity index (χ0n) is 16.3. The highest BCUT2D eigenvalue weighted by atomic mass is 16.5. The van der Waals surface area contributed by atoms with E-state index in [-0.39, 0.29) is 5.91 Å². The van der Waals surface area contributed by atoms with Gasteiger partial charge in [0.1, 0.15) is 5.75 Å². The van der Waals surface area contributed by atoms with Crippen molar-refractivity contribution in [1.82, 2.24) is 20.1 Å². The van der Waals surface area contributed by atoms with Crippen molar-refractivity contribution in [3.8, 4) is 17.0 Å². The summed E-state index contributed by atoms with van der Waals surface area (Å²) in [6.45, 7) is 4.50. The molecular formula is C22H23N5O2. The van der Waals surface area contributed by atoms with Crippen molar-refractivity contribution in [2.45, 2.75) is 13.0 Å². The third-order valence-electron chi connectivity index (χ3n) is 4.95. The van der Waals surface area contributed by atoms with Gasteiger partial charge in [-0.05, 0) is 43.3 Å².